The first-order valence-electron chi connectivity index (χ1n) is 12.6. The average Bonchev–Trinajstić information content (AvgIpc) is 3.56. The molecular formula is C28H26F3N5O2. The van der Waals surface area contributed by atoms with Gasteiger partial charge in [0.2, 0.25) is 11.8 Å². The van der Waals surface area contributed by atoms with Crippen molar-refractivity contribution in [3.8, 4) is 22.9 Å². The van der Waals surface area contributed by atoms with Crippen LogP contribution in [0.25, 0.3) is 16.9 Å². The van der Waals surface area contributed by atoms with Crippen molar-refractivity contribution in [2.24, 2.45) is 5.92 Å². The lowest BCUT2D eigenvalue weighted by Crippen LogP contribution is -2.39. The Morgan fingerprint density at radius 1 is 1.16 bits per heavy atom. The van der Waals surface area contributed by atoms with E-state index < -0.39 is 11.7 Å². The summed E-state index contributed by atoms with van der Waals surface area (Å²) < 4.78 is 47.9. The number of fused-ring (bicyclic) bond motifs is 1. The van der Waals surface area contributed by atoms with Crippen LogP contribution in [0.2, 0.25) is 0 Å². The minimum Gasteiger partial charge on any atom is -0.437 e. The number of aromatic nitrogens is 3. The van der Waals surface area contributed by atoms with Crippen LogP contribution >= 0.6 is 0 Å². The van der Waals surface area contributed by atoms with E-state index >= 15 is 0 Å². The van der Waals surface area contributed by atoms with Gasteiger partial charge in [0, 0.05) is 48.7 Å². The SMILES string of the molecule is Cc1cc(-c2cnc3c(NCC4CC(F)(F)C4)cc(Oc4cccc(F)c4)nn23)ccc1C(=O)NC1CC1. The Morgan fingerprint density at radius 2 is 1.97 bits per heavy atom. The van der Waals surface area contributed by atoms with Crippen LogP contribution < -0.4 is 15.4 Å². The maximum atomic E-state index is 13.7. The lowest BCUT2D eigenvalue weighted by molar-refractivity contribution is -0.106. The first-order valence-corrected chi connectivity index (χ1v) is 12.6. The first-order chi connectivity index (χ1) is 18.2. The molecule has 1 amide bonds. The van der Waals surface area contributed by atoms with E-state index in [4.69, 9.17) is 4.74 Å². The fourth-order valence-electron chi connectivity index (χ4n) is 4.73. The molecule has 2 aromatic carbocycles. The number of carbonyl (C=O) groups excluding carboxylic acids is 1. The van der Waals surface area contributed by atoms with Crippen LogP contribution in [0.3, 0.4) is 0 Å². The molecule has 2 aliphatic carbocycles. The van der Waals surface area contributed by atoms with E-state index in [1.807, 2.05) is 19.1 Å². The Kier molecular flexibility index (Phi) is 5.97. The van der Waals surface area contributed by atoms with Gasteiger partial charge in [-0.1, -0.05) is 12.1 Å². The van der Waals surface area contributed by atoms with Gasteiger partial charge in [-0.25, -0.2) is 22.7 Å². The van der Waals surface area contributed by atoms with Gasteiger partial charge in [0.15, 0.2) is 5.65 Å². The molecule has 2 heterocycles. The van der Waals surface area contributed by atoms with Gasteiger partial charge < -0.3 is 15.4 Å². The Hall–Kier alpha value is -4.08. The van der Waals surface area contributed by atoms with Gasteiger partial charge in [-0.2, -0.15) is 0 Å². The summed E-state index contributed by atoms with van der Waals surface area (Å²) in [6, 6.07) is 13.1. The van der Waals surface area contributed by atoms with Crippen molar-refractivity contribution in [2.75, 3.05) is 11.9 Å². The van der Waals surface area contributed by atoms with E-state index in [9.17, 15) is 18.0 Å². The third kappa shape index (κ3) is 5.03. The molecular weight excluding hydrogens is 495 g/mol. The van der Waals surface area contributed by atoms with Crippen molar-refractivity contribution in [2.45, 2.75) is 44.6 Å². The van der Waals surface area contributed by atoms with E-state index in [1.54, 1.807) is 28.9 Å². The second kappa shape index (κ2) is 9.34. The minimum atomic E-state index is -2.61. The van der Waals surface area contributed by atoms with Crippen molar-refractivity contribution >= 4 is 17.2 Å². The number of amides is 1. The number of rotatable bonds is 8. The Labute approximate surface area is 217 Å². The molecule has 196 valence electrons. The highest BCUT2D eigenvalue weighted by molar-refractivity contribution is 5.96. The Balaban J connectivity index is 1.34. The predicted octanol–water partition coefficient (Wildman–Crippen LogP) is 5.99. The third-order valence-electron chi connectivity index (χ3n) is 6.90. The zero-order chi connectivity index (χ0) is 26.4. The summed E-state index contributed by atoms with van der Waals surface area (Å²) in [6.07, 6.45) is 3.36. The minimum absolute atomic E-state index is 0.0911. The Morgan fingerprint density at radius 3 is 2.68 bits per heavy atom. The topological polar surface area (TPSA) is 80.6 Å². The number of ether oxygens (including phenoxy) is 1. The van der Waals surface area contributed by atoms with Crippen LogP contribution in [-0.4, -0.2) is 39.0 Å². The first kappa shape index (κ1) is 24.3. The van der Waals surface area contributed by atoms with Gasteiger partial charge in [-0.05, 0) is 55.5 Å². The molecule has 0 aliphatic heterocycles. The molecule has 0 spiro atoms. The lowest BCUT2D eigenvalue weighted by Gasteiger charge is -2.35. The Bertz CT molecular complexity index is 1520. The molecule has 4 aromatic rings. The van der Waals surface area contributed by atoms with Crippen molar-refractivity contribution in [1.29, 1.82) is 0 Å². The number of hydrogen-bond donors (Lipinski definition) is 2. The van der Waals surface area contributed by atoms with Crippen LogP contribution in [0.15, 0.2) is 54.7 Å². The average molecular weight is 522 g/mol. The fourth-order valence-corrected chi connectivity index (χ4v) is 4.73. The largest absolute Gasteiger partial charge is 0.437 e. The number of aryl methyl sites for hydroxylation is 1. The second-order valence-electron chi connectivity index (χ2n) is 10.1. The molecule has 2 aromatic heterocycles. The normalized spacial score (nSPS) is 16.7. The molecule has 0 bridgehead atoms. The van der Waals surface area contributed by atoms with Crippen molar-refractivity contribution < 1.29 is 22.7 Å². The summed E-state index contributed by atoms with van der Waals surface area (Å²) in [5.74, 6) is -2.85. The zero-order valence-corrected chi connectivity index (χ0v) is 20.7. The number of hydrogen-bond acceptors (Lipinski definition) is 5. The molecule has 38 heavy (non-hydrogen) atoms. The van der Waals surface area contributed by atoms with Gasteiger partial charge in [-0.15, -0.1) is 5.10 Å². The van der Waals surface area contributed by atoms with E-state index in [1.165, 1.54) is 18.2 Å². The number of carbonyl (C=O) groups is 1. The van der Waals surface area contributed by atoms with E-state index in [0.29, 0.717) is 29.1 Å². The van der Waals surface area contributed by atoms with E-state index in [2.05, 4.69) is 20.7 Å². The summed E-state index contributed by atoms with van der Waals surface area (Å²) in [4.78, 5) is 17.1. The number of benzene rings is 2. The van der Waals surface area contributed by atoms with Gasteiger partial charge in [0.25, 0.3) is 5.91 Å². The van der Waals surface area contributed by atoms with Crippen molar-refractivity contribution in [1.82, 2.24) is 19.9 Å². The van der Waals surface area contributed by atoms with Gasteiger partial charge >= 0.3 is 0 Å². The molecule has 2 saturated carbocycles. The maximum Gasteiger partial charge on any atom is 0.251 e. The van der Waals surface area contributed by atoms with Crippen LogP contribution in [0.1, 0.15) is 41.6 Å². The number of nitrogens with zero attached hydrogens (tertiary/aromatic N) is 3. The molecule has 2 aliphatic rings. The smallest absolute Gasteiger partial charge is 0.251 e. The molecule has 7 nitrogen and oxygen atoms in total. The highest BCUT2D eigenvalue weighted by Crippen LogP contribution is 2.42. The number of imidazole rings is 1. The summed E-state index contributed by atoms with van der Waals surface area (Å²) in [5.41, 5.74) is 3.92. The summed E-state index contributed by atoms with van der Waals surface area (Å²) in [6.45, 7) is 2.22. The van der Waals surface area contributed by atoms with Gasteiger partial charge in [0.1, 0.15) is 11.6 Å². The highest BCUT2D eigenvalue weighted by atomic mass is 19.3. The molecule has 0 saturated heterocycles. The highest BCUT2D eigenvalue weighted by Gasteiger charge is 2.44. The summed E-state index contributed by atoms with van der Waals surface area (Å²) in [7, 11) is 0. The molecule has 0 radical (unpaired) electrons. The van der Waals surface area contributed by atoms with Crippen molar-refractivity contribution in [3.05, 3.63) is 71.7 Å². The molecule has 6 rings (SSSR count). The van der Waals surface area contributed by atoms with Crippen LogP contribution in [0.4, 0.5) is 18.9 Å². The second-order valence-corrected chi connectivity index (χ2v) is 10.1. The number of halogens is 3. The predicted molar refractivity (Wildman–Crippen MR) is 136 cm³/mol. The van der Waals surface area contributed by atoms with Crippen molar-refractivity contribution in [3.63, 3.8) is 0 Å². The summed E-state index contributed by atoms with van der Waals surface area (Å²) >= 11 is 0. The quantitative estimate of drug-likeness (QED) is 0.298. The molecule has 0 unspecified atom stereocenters. The zero-order valence-electron chi connectivity index (χ0n) is 20.7. The third-order valence-corrected chi connectivity index (χ3v) is 6.90. The molecule has 10 heteroatoms. The standard InChI is InChI=1S/C28H26F3N5O2/c1-16-9-18(5-8-22(16)27(37)34-20-6-7-20)24-15-33-26-23(32-14-17-12-28(30,31)13-17)11-25(35-36(24)26)38-21-4-2-3-19(29)10-21/h2-5,8-11,15,17,20,32H,6-7,12-14H2,1H3,(H,34,37). The molecule has 2 fully saturated rings. The molecule has 2 N–H and O–H groups in total. The van der Waals surface area contributed by atoms with Gasteiger partial charge in [-0.3, -0.25) is 4.79 Å². The van der Waals surface area contributed by atoms with Crippen LogP contribution in [-0.2, 0) is 0 Å². The van der Waals surface area contributed by atoms with E-state index in [0.717, 1.165) is 24.0 Å². The van der Waals surface area contributed by atoms with E-state index in [-0.39, 0.29) is 42.3 Å². The van der Waals surface area contributed by atoms with Crippen LogP contribution in [0.5, 0.6) is 11.6 Å². The number of nitrogens with one attached hydrogen (secondary N) is 2. The number of anilines is 1. The maximum absolute atomic E-state index is 13.7. The van der Waals surface area contributed by atoms with Gasteiger partial charge in [0.05, 0.1) is 17.6 Å². The lowest BCUT2D eigenvalue weighted by atomic mass is 9.81. The summed E-state index contributed by atoms with van der Waals surface area (Å²) in [5, 5.41) is 10.8. The monoisotopic (exact) mass is 521 g/mol. The fraction of sp³-hybridized carbons (Fsp3) is 0.321. The van der Waals surface area contributed by atoms with Crippen LogP contribution in [0, 0.1) is 18.7 Å². The number of alkyl halides is 2. The molecule has 0 atom stereocenters.